The number of aromatic carboxylic acids is 1. The van der Waals surface area contributed by atoms with Crippen LogP contribution in [0.3, 0.4) is 0 Å². The Hall–Kier alpha value is -2.60. The number of hydrogen-bond acceptors (Lipinski definition) is 3. The molecule has 0 radical (unpaired) electrons. The van der Waals surface area contributed by atoms with Crippen molar-refractivity contribution in [3.63, 3.8) is 0 Å². The van der Waals surface area contributed by atoms with Gasteiger partial charge in [-0.25, -0.2) is 18.6 Å². The van der Waals surface area contributed by atoms with Crippen molar-refractivity contribution < 1.29 is 18.7 Å². The lowest BCUT2D eigenvalue weighted by Gasteiger charge is -1.98. The Kier molecular flexibility index (Phi) is 3.68. The third-order valence-corrected chi connectivity index (χ3v) is 4.18. The number of halogens is 2. The van der Waals surface area contributed by atoms with Crippen LogP contribution in [-0.2, 0) is 0 Å². The molecule has 1 heterocycles. The average Bonchev–Trinajstić information content (AvgIpc) is 2.94. The summed E-state index contributed by atoms with van der Waals surface area (Å²) in [6.45, 7) is 0. The molecule has 0 aliphatic rings. The topological polar surface area (TPSA) is 50.2 Å². The van der Waals surface area contributed by atoms with Crippen LogP contribution in [0, 0.1) is 11.6 Å². The largest absolute Gasteiger partial charge is 0.476 e. The zero-order chi connectivity index (χ0) is 15.7. The number of carboxylic acids is 1. The monoisotopic (exact) mass is 317 g/mol. The molecule has 3 rings (SSSR count). The molecule has 3 nitrogen and oxygen atoms in total. The van der Waals surface area contributed by atoms with Crippen LogP contribution in [0.5, 0.6) is 0 Å². The van der Waals surface area contributed by atoms with E-state index in [4.69, 9.17) is 0 Å². The molecule has 0 saturated heterocycles. The number of thiazole rings is 1. The lowest BCUT2D eigenvalue weighted by Crippen LogP contribution is -1.98. The average molecular weight is 317 g/mol. The second-order valence-electron chi connectivity index (χ2n) is 4.52. The quantitative estimate of drug-likeness (QED) is 0.776. The van der Waals surface area contributed by atoms with Crippen LogP contribution in [0.15, 0.2) is 48.5 Å². The minimum Gasteiger partial charge on any atom is -0.476 e. The fourth-order valence-corrected chi connectivity index (χ4v) is 3.05. The minimum atomic E-state index is -1.16. The summed E-state index contributed by atoms with van der Waals surface area (Å²) in [5, 5.41) is 9.77. The predicted molar refractivity (Wildman–Crippen MR) is 79.9 cm³/mol. The molecule has 1 aromatic heterocycles. The number of aromatic nitrogens is 1. The van der Waals surface area contributed by atoms with Crippen LogP contribution < -0.4 is 0 Å². The summed E-state index contributed by atoms with van der Waals surface area (Å²) in [5.74, 6) is -1.94. The summed E-state index contributed by atoms with van der Waals surface area (Å²) >= 11 is 1.17. The molecule has 0 aliphatic carbocycles. The smallest absolute Gasteiger partial charge is 0.356 e. The van der Waals surface area contributed by atoms with Crippen LogP contribution in [0.4, 0.5) is 8.78 Å². The Bertz CT molecular complexity index is 826. The van der Waals surface area contributed by atoms with Crippen molar-refractivity contribution in [3.05, 3.63) is 65.9 Å². The van der Waals surface area contributed by atoms with Gasteiger partial charge in [-0.1, -0.05) is 12.1 Å². The van der Waals surface area contributed by atoms with Gasteiger partial charge in [0.05, 0.1) is 4.88 Å². The Balaban J connectivity index is 2.11. The fraction of sp³-hybridized carbons (Fsp3) is 0. The Morgan fingerprint density at radius 1 is 0.909 bits per heavy atom. The van der Waals surface area contributed by atoms with E-state index in [0.29, 0.717) is 21.0 Å². The molecule has 1 N–H and O–H groups in total. The number of nitrogens with zero attached hydrogens (tertiary/aromatic N) is 1. The summed E-state index contributed by atoms with van der Waals surface area (Å²) in [6.07, 6.45) is 0. The van der Waals surface area contributed by atoms with E-state index in [0.717, 1.165) is 0 Å². The van der Waals surface area contributed by atoms with Crippen LogP contribution in [0.1, 0.15) is 10.5 Å². The molecule has 0 bridgehead atoms. The molecular weight excluding hydrogens is 308 g/mol. The molecule has 0 amide bonds. The molecular formula is C16H9F2NO2S. The van der Waals surface area contributed by atoms with Crippen molar-refractivity contribution in [2.24, 2.45) is 0 Å². The summed E-state index contributed by atoms with van der Waals surface area (Å²) in [7, 11) is 0. The number of hydrogen-bond donors (Lipinski definition) is 1. The van der Waals surface area contributed by atoms with Gasteiger partial charge in [-0.3, -0.25) is 0 Å². The molecule has 110 valence electrons. The zero-order valence-corrected chi connectivity index (χ0v) is 11.9. The van der Waals surface area contributed by atoms with Crippen molar-refractivity contribution in [1.29, 1.82) is 0 Å². The molecule has 2 aromatic carbocycles. The van der Waals surface area contributed by atoms with Crippen molar-refractivity contribution >= 4 is 17.3 Å². The van der Waals surface area contributed by atoms with Gasteiger partial charge >= 0.3 is 5.97 Å². The molecule has 0 fully saturated rings. The standard InChI is InChI=1S/C16H9F2NO2S/c17-11-5-1-9(2-6-11)14-13(16(20)21)19-15(22-14)10-3-7-12(18)8-4-10/h1-8H,(H,20,21). The van der Waals surface area contributed by atoms with Gasteiger partial charge in [-0.2, -0.15) is 0 Å². The number of benzene rings is 2. The minimum absolute atomic E-state index is 0.101. The summed E-state index contributed by atoms with van der Waals surface area (Å²) in [5.41, 5.74) is 1.10. The van der Waals surface area contributed by atoms with Crippen LogP contribution in [0.25, 0.3) is 21.0 Å². The summed E-state index contributed by atoms with van der Waals surface area (Å²) in [6, 6.07) is 11.2. The molecule has 0 saturated carbocycles. The highest BCUT2D eigenvalue weighted by Gasteiger charge is 2.19. The van der Waals surface area contributed by atoms with Gasteiger partial charge in [0.15, 0.2) is 5.69 Å². The second-order valence-corrected chi connectivity index (χ2v) is 5.51. The first-order chi connectivity index (χ1) is 10.5. The van der Waals surface area contributed by atoms with E-state index in [2.05, 4.69) is 4.98 Å². The SMILES string of the molecule is O=C(O)c1nc(-c2ccc(F)cc2)sc1-c1ccc(F)cc1. The van der Waals surface area contributed by atoms with E-state index >= 15 is 0 Å². The molecule has 6 heteroatoms. The van der Waals surface area contributed by atoms with E-state index in [-0.39, 0.29) is 11.5 Å². The van der Waals surface area contributed by atoms with E-state index < -0.39 is 11.8 Å². The maximum atomic E-state index is 13.0. The molecule has 22 heavy (non-hydrogen) atoms. The van der Waals surface area contributed by atoms with Gasteiger partial charge in [-0.15, -0.1) is 11.3 Å². The van der Waals surface area contributed by atoms with Crippen LogP contribution >= 0.6 is 11.3 Å². The van der Waals surface area contributed by atoms with Gasteiger partial charge in [0.1, 0.15) is 16.6 Å². The van der Waals surface area contributed by atoms with Gasteiger partial charge in [-0.05, 0) is 42.0 Å². The summed E-state index contributed by atoms with van der Waals surface area (Å²) < 4.78 is 26.0. The third-order valence-electron chi connectivity index (χ3n) is 3.03. The third kappa shape index (κ3) is 2.73. The van der Waals surface area contributed by atoms with Crippen molar-refractivity contribution in [2.75, 3.05) is 0 Å². The van der Waals surface area contributed by atoms with Gasteiger partial charge in [0.2, 0.25) is 0 Å². The normalized spacial score (nSPS) is 10.6. The van der Waals surface area contributed by atoms with E-state index in [1.807, 2.05) is 0 Å². The lowest BCUT2D eigenvalue weighted by atomic mass is 10.1. The van der Waals surface area contributed by atoms with Crippen molar-refractivity contribution in [1.82, 2.24) is 4.98 Å². The maximum Gasteiger partial charge on any atom is 0.356 e. The number of carbonyl (C=O) groups is 1. The highest BCUT2D eigenvalue weighted by molar-refractivity contribution is 7.18. The molecule has 0 atom stereocenters. The summed E-state index contributed by atoms with van der Waals surface area (Å²) in [4.78, 5) is 15.9. The Labute approximate surface area is 128 Å². The predicted octanol–water partition coefficient (Wildman–Crippen LogP) is 4.45. The van der Waals surface area contributed by atoms with Crippen LogP contribution in [-0.4, -0.2) is 16.1 Å². The molecule has 3 aromatic rings. The second kappa shape index (κ2) is 5.65. The first-order valence-electron chi connectivity index (χ1n) is 6.30. The van der Waals surface area contributed by atoms with Crippen molar-refractivity contribution in [3.8, 4) is 21.0 Å². The Morgan fingerprint density at radius 2 is 1.41 bits per heavy atom. The van der Waals surface area contributed by atoms with E-state index in [1.165, 1.54) is 59.9 Å². The number of carboxylic acid groups (broad SMARTS) is 1. The van der Waals surface area contributed by atoms with Crippen LogP contribution in [0.2, 0.25) is 0 Å². The van der Waals surface area contributed by atoms with Gasteiger partial charge in [0, 0.05) is 5.56 Å². The zero-order valence-electron chi connectivity index (χ0n) is 11.1. The van der Waals surface area contributed by atoms with Gasteiger partial charge < -0.3 is 5.11 Å². The van der Waals surface area contributed by atoms with E-state index in [1.54, 1.807) is 0 Å². The number of rotatable bonds is 3. The fourth-order valence-electron chi connectivity index (χ4n) is 1.98. The lowest BCUT2D eigenvalue weighted by molar-refractivity contribution is 0.0692. The molecule has 0 spiro atoms. The Morgan fingerprint density at radius 3 is 1.91 bits per heavy atom. The highest BCUT2D eigenvalue weighted by atomic mass is 32.1. The first kappa shape index (κ1) is 14.3. The molecule has 0 aliphatic heterocycles. The first-order valence-corrected chi connectivity index (χ1v) is 7.12. The highest BCUT2D eigenvalue weighted by Crippen LogP contribution is 2.35. The molecule has 0 unspecified atom stereocenters. The van der Waals surface area contributed by atoms with Crippen molar-refractivity contribution in [2.45, 2.75) is 0 Å². The van der Waals surface area contributed by atoms with E-state index in [9.17, 15) is 18.7 Å². The maximum absolute atomic E-state index is 13.0. The van der Waals surface area contributed by atoms with Gasteiger partial charge in [0.25, 0.3) is 0 Å².